The minimum Gasteiger partial charge on any atom is -0.367 e. The van der Waals surface area contributed by atoms with Crippen molar-refractivity contribution in [2.24, 2.45) is 7.05 Å². The van der Waals surface area contributed by atoms with E-state index in [9.17, 15) is 4.39 Å². The minimum atomic E-state index is -0.146. The van der Waals surface area contributed by atoms with E-state index in [-0.39, 0.29) is 5.82 Å². The first-order valence-electron chi connectivity index (χ1n) is 5.73. The first-order chi connectivity index (χ1) is 8.22. The summed E-state index contributed by atoms with van der Waals surface area (Å²) in [5.74, 6) is -0.146. The second kappa shape index (κ2) is 3.87. The molecule has 2 aromatic rings. The van der Waals surface area contributed by atoms with Crippen LogP contribution in [-0.4, -0.2) is 16.3 Å². The van der Waals surface area contributed by atoms with Gasteiger partial charge >= 0.3 is 0 Å². The largest absolute Gasteiger partial charge is 0.367 e. The predicted octanol–water partition coefficient (Wildman–Crippen LogP) is 2.12. The highest BCUT2D eigenvalue weighted by molar-refractivity contribution is 5.58. The van der Waals surface area contributed by atoms with E-state index >= 15 is 0 Å². The highest BCUT2D eigenvalue weighted by atomic mass is 19.1. The van der Waals surface area contributed by atoms with Gasteiger partial charge in [-0.3, -0.25) is 4.68 Å². The molecule has 0 spiro atoms. The molecule has 1 aromatic carbocycles. The fourth-order valence-electron chi connectivity index (χ4n) is 2.38. The average Bonchev–Trinajstić information content (AvgIpc) is 2.86. The molecule has 3 rings (SSSR count). The zero-order valence-corrected chi connectivity index (χ0v) is 9.73. The fourth-order valence-corrected chi connectivity index (χ4v) is 2.38. The van der Waals surface area contributed by atoms with Crippen LogP contribution >= 0.6 is 0 Å². The van der Waals surface area contributed by atoms with Gasteiger partial charge in [0.05, 0.1) is 6.20 Å². The molecule has 0 N–H and O–H groups in total. The summed E-state index contributed by atoms with van der Waals surface area (Å²) >= 11 is 0. The van der Waals surface area contributed by atoms with E-state index in [1.807, 2.05) is 25.5 Å². The Morgan fingerprint density at radius 1 is 1.41 bits per heavy atom. The van der Waals surface area contributed by atoms with Crippen LogP contribution in [-0.2, 0) is 20.0 Å². The zero-order valence-electron chi connectivity index (χ0n) is 9.73. The van der Waals surface area contributed by atoms with Crippen LogP contribution in [0, 0.1) is 5.82 Å². The standard InChI is InChI=1S/C13H14FN3/c1-16-8-10(7-15-16)9-17-5-4-11-6-12(14)2-3-13(11)17/h2-3,6-8H,4-5,9H2,1H3. The molecular formula is C13H14FN3. The molecular weight excluding hydrogens is 217 g/mol. The predicted molar refractivity (Wildman–Crippen MR) is 64.4 cm³/mol. The summed E-state index contributed by atoms with van der Waals surface area (Å²) in [6, 6.07) is 5.03. The van der Waals surface area contributed by atoms with Gasteiger partial charge in [-0.25, -0.2) is 4.39 Å². The second-order valence-corrected chi connectivity index (χ2v) is 4.47. The van der Waals surface area contributed by atoms with Crippen molar-refractivity contribution in [3.8, 4) is 0 Å². The Balaban J connectivity index is 1.84. The van der Waals surface area contributed by atoms with Crippen LogP contribution in [0.3, 0.4) is 0 Å². The Hall–Kier alpha value is -1.84. The van der Waals surface area contributed by atoms with E-state index in [2.05, 4.69) is 10.00 Å². The number of hydrogen-bond acceptors (Lipinski definition) is 2. The van der Waals surface area contributed by atoms with Gasteiger partial charge in [-0.2, -0.15) is 5.10 Å². The van der Waals surface area contributed by atoms with Crippen molar-refractivity contribution in [2.45, 2.75) is 13.0 Å². The molecule has 17 heavy (non-hydrogen) atoms. The number of fused-ring (bicyclic) bond motifs is 1. The van der Waals surface area contributed by atoms with Gasteiger partial charge in [0, 0.05) is 37.6 Å². The van der Waals surface area contributed by atoms with E-state index < -0.39 is 0 Å². The third kappa shape index (κ3) is 1.90. The van der Waals surface area contributed by atoms with Gasteiger partial charge in [0.2, 0.25) is 0 Å². The molecule has 0 bridgehead atoms. The fraction of sp³-hybridized carbons (Fsp3) is 0.308. The summed E-state index contributed by atoms with van der Waals surface area (Å²) in [6.45, 7) is 1.79. The lowest BCUT2D eigenvalue weighted by molar-refractivity contribution is 0.626. The van der Waals surface area contributed by atoms with Crippen LogP contribution in [0.25, 0.3) is 0 Å². The molecule has 0 atom stereocenters. The Kier molecular flexibility index (Phi) is 2.35. The summed E-state index contributed by atoms with van der Waals surface area (Å²) in [4.78, 5) is 2.27. The first kappa shape index (κ1) is 10.3. The summed E-state index contributed by atoms with van der Waals surface area (Å²) in [5, 5.41) is 4.16. The van der Waals surface area contributed by atoms with Gasteiger partial charge in [-0.05, 0) is 30.2 Å². The Morgan fingerprint density at radius 2 is 2.29 bits per heavy atom. The number of rotatable bonds is 2. The van der Waals surface area contributed by atoms with Gasteiger partial charge in [-0.15, -0.1) is 0 Å². The van der Waals surface area contributed by atoms with E-state index in [1.54, 1.807) is 10.7 Å². The van der Waals surface area contributed by atoms with E-state index in [0.29, 0.717) is 0 Å². The van der Waals surface area contributed by atoms with E-state index in [1.165, 1.54) is 11.6 Å². The Labute approximate surface area is 99.5 Å². The highest BCUT2D eigenvalue weighted by Crippen LogP contribution is 2.29. The maximum Gasteiger partial charge on any atom is 0.123 e. The smallest absolute Gasteiger partial charge is 0.123 e. The lowest BCUT2D eigenvalue weighted by Gasteiger charge is -2.18. The number of halogens is 1. The van der Waals surface area contributed by atoms with Crippen LogP contribution in [0.4, 0.5) is 10.1 Å². The molecule has 4 heteroatoms. The van der Waals surface area contributed by atoms with Crippen molar-refractivity contribution in [1.82, 2.24) is 9.78 Å². The molecule has 0 unspecified atom stereocenters. The molecule has 0 radical (unpaired) electrons. The quantitative estimate of drug-likeness (QED) is 0.789. The van der Waals surface area contributed by atoms with Gasteiger partial charge in [0.25, 0.3) is 0 Å². The summed E-state index contributed by atoms with van der Waals surface area (Å²) in [5.41, 5.74) is 3.44. The molecule has 0 saturated heterocycles. The second-order valence-electron chi connectivity index (χ2n) is 4.47. The van der Waals surface area contributed by atoms with Gasteiger partial charge < -0.3 is 4.90 Å². The third-order valence-electron chi connectivity index (χ3n) is 3.17. The van der Waals surface area contributed by atoms with Gasteiger partial charge in [-0.1, -0.05) is 0 Å². The van der Waals surface area contributed by atoms with E-state index in [4.69, 9.17) is 0 Å². The number of nitrogens with zero attached hydrogens (tertiary/aromatic N) is 3. The van der Waals surface area contributed by atoms with Crippen LogP contribution in [0.1, 0.15) is 11.1 Å². The third-order valence-corrected chi connectivity index (χ3v) is 3.17. The molecule has 88 valence electrons. The van der Waals surface area contributed by atoms with Crippen molar-refractivity contribution < 1.29 is 4.39 Å². The molecule has 1 aliphatic heterocycles. The molecule has 1 aliphatic rings. The lowest BCUT2D eigenvalue weighted by atomic mass is 10.1. The Morgan fingerprint density at radius 3 is 3.06 bits per heavy atom. The number of anilines is 1. The van der Waals surface area contributed by atoms with Crippen LogP contribution in [0.5, 0.6) is 0 Å². The number of aryl methyl sites for hydroxylation is 1. The first-order valence-corrected chi connectivity index (χ1v) is 5.73. The average molecular weight is 231 g/mol. The summed E-state index contributed by atoms with van der Waals surface area (Å²) in [7, 11) is 1.91. The van der Waals surface area contributed by atoms with Crippen molar-refractivity contribution >= 4 is 5.69 Å². The maximum atomic E-state index is 13.1. The maximum absolute atomic E-state index is 13.1. The van der Waals surface area contributed by atoms with E-state index in [0.717, 1.165) is 30.8 Å². The van der Waals surface area contributed by atoms with Crippen LogP contribution in [0.15, 0.2) is 30.6 Å². The van der Waals surface area contributed by atoms with Crippen LogP contribution in [0.2, 0.25) is 0 Å². The highest BCUT2D eigenvalue weighted by Gasteiger charge is 2.19. The van der Waals surface area contributed by atoms with Gasteiger partial charge in [0.15, 0.2) is 0 Å². The number of benzene rings is 1. The van der Waals surface area contributed by atoms with Crippen molar-refractivity contribution in [2.75, 3.05) is 11.4 Å². The molecule has 1 aromatic heterocycles. The Bertz CT molecular complexity index is 547. The topological polar surface area (TPSA) is 21.1 Å². The monoisotopic (exact) mass is 231 g/mol. The zero-order chi connectivity index (χ0) is 11.8. The summed E-state index contributed by atoms with van der Waals surface area (Å²) in [6.07, 6.45) is 4.82. The van der Waals surface area contributed by atoms with Crippen LogP contribution < -0.4 is 4.90 Å². The number of aromatic nitrogens is 2. The molecule has 0 aliphatic carbocycles. The minimum absolute atomic E-state index is 0.146. The molecule has 3 nitrogen and oxygen atoms in total. The lowest BCUT2D eigenvalue weighted by Crippen LogP contribution is -2.19. The molecule has 0 saturated carbocycles. The molecule has 0 amide bonds. The van der Waals surface area contributed by atoms with Gasteiger partial charge in [0.1, 0.15) is 5.82 Å². The molecule has 2 heterocycles. The molecule has 0 fully saturated rings. The summed E-state index contributed by atoms with van der Waals surface area (Å²) < 4.78 is 14.9. The van der Waals surface area contributed by atoms with Crippen molar-refractivity contribution in [3.05, 3.63) is 47.5 Å². The number of hydrogen-bond donors (Lipinski definition) is 0. The SMILES string of the molecule is Cn1cc(CN2CCc3cc(F)ccc32)cn1. The van der Waals surface area contributed by atoms with Crippen molar-refractivity contribution in [3.63, 3.8) is 0 Å². The van der Waals surface area contributed by atoms with Crippen molar-refractivity contribution in [1.29, 1.82) is 0 Å². The normalized spacial score (nSPS) is 14.1.